The number of aliphatic hydroxyl groups is 1. The predicted molar refractivity (Wildman–Crippen MR) is 203 cm³/mol. The maximum Gasteiger partial charge on any atom is 0.469 e. The Morgan fingerprint density at radius 3 is 1.78 bits per heavy atom. The first kappa shape index (κ1) is 47.7. The molecule has 0 aliphatic heterocycles. The van der Waals surface area contributed by atoms with E-state index in [2.05, 4.69) is 61.8 Å². The van der Waals surface area contributed by atoms with Crippen LogP contribution in [-0.4, -0.2) is 52.3 Å². The lowest BCUT2D eigenvalue weighted by molar-refractivity contribution is -0.161. The molecule has 9 nitrogen and oxygen atoms in total. The quantitative estimate of drug-likeness (QED) is 0.0198. The number of hydrogen-bond donors (Lipinski definition) is 3. The van der Waals surface area contributed by atoms with E-state index in [1.807, 2.05) is 12.2 Å². The molecule has 0 bridgehead atoms. The highest BCUT2D eigenvalue weighted by Gasteiger charge is 2.23. The Morgan fingerprint density at radius 2 is 1.20 bits per heavy atom. The van der Waals surface area contributed by atoms with E-state index in [9.17, 15) is 19.3 Å². The summed E-state index contributed by atoms with van der Waals surface area (Å²) in [4.78, 5) is 42.7. The first-order valence-corrected chi connectivity index (χ1v) is 20.6. The van der Waals surface area contributed by atoms with Gasteiger partial charge in [-0.3, -0.25) is 14.1 Å². The van der Waals surface area contributed by atoms with Gasteiger partial charge in [0, 0.05) is 12.8 Å². The smallest absolute Gasteiger partial charge is 0.462 e. The van der Waals surface area contributed by atoms with Gasteiger partial charge < -0.3 is 24.4 Å². The van der Waals surface area contributed by atoms with Gasteiger partial charge in [-0.05, 0) is 50.9 Å². The standard InChI is InChI=1S/C40H69O9P/c1-4-6-7-8-9-10-11-12-13-17-20-23-26-30-37(41)31-28-33-39(42)47-34-38(35-48-50(44,45)46)49-40(43)32-27-24-21-18-15-14-16-19-22-25-29-36(3)5-2/h6-7,9-10,12-13,20,23,26,30,36-38,41H,4-5,8,11,14-19,21-22,24-25,27-29,31-35H2,1-3H3,(H2,44,45,46)/b7-6-,10-9-,13-12-,23-20-,30-26+/t36?,37?,38-/m1/s1. The molecule has 0 saturated heterocycles. The molecule has 0 aromatic carbocycles. The van der Waals surface area contributed by atoms with Crippen LogP contribution in [0.2, 0.25) is 0 Å². The molecule has 0 saturated carbocycles. The van der Waals surface area contributed by atoms with Gasteiger partial charge in [-0.25, -0.2) is 4.57 Å². The number of carbonyl (C=O) groups is 2. The first-order valence-electron chi connectivity index (χ1n) is 19.1. The zero-order valence-electron chi connectivity index (χ0n) is 31.3. The number of phosphoric acid groups is 1. The largest absolute Gasteiger partial charge is 0.469 e. The molecule has 0 spiro atoms. The van der Waals surface area contributed by atoms with Crippen LogP contribution in [0.1, 0.15) is 149 Å². The molecule has 0 amide bonds. The van der Waals surface area contributed by atoms with Crippen molar-refractivity contribution in [1.82, 2.24) is 0 Å². The number of esters is 2. The van der Waals surface area contributed by atoms with E-state index in [1.54, 1.807) is 12.2 Å². The second-order valence-corrected chi connectivity index (χ2v) is 14.2. The number of rotatable bonds is 33. The summed E-state index contributed by atoms with van der Waals surface area (Å²) in [5, 5.41) is 10.2. The van der Waals surface area contributed by atoms with Gasteiger partial charge in [-0.2, -0.15) is 0 Å². The number of allylic oxidation sites excluding steroid dienone is 9. The summed E-state index contributed by atoms with van der Waals surface area (Å²) in [5.41, 5.74) is 0. The zero-order chi connectivity index (χ0) is 37.1. The van der Waals surface area contributed by atoms with Gasteiger partial charge in [0.05, 0.1) is 12.7 Å². The third-order valence-corrected chi connectivity index (χ3v) is 8.68. The minimum atomic E-state index is -4.80. The second-order valence-electron chi connectivity index (χ2n) is 13.0. The van der Waals surface area contributed by atoms with E-state index < -0.39 is 38.6 Å². The lowest BCUT2D eigenvalue weighted by Gasteiger charge is -2.18. The molecule has 0 heterocycles. The number of ether oxygens (including phenoxy) is 2. The van der Waals surface area contributed by atoms with E-state index >= 15 is 0 Å². The fraction of sp³-hybridized carbons (Fsp3) is 0.700. The van der Waals surface area contributed by atoms with Crippen molar-refractivity contribution < 1.29 is 43.0 Å². The van der Waals surface area contributed by atoms with E-state index in [0.717, 1.165) is 50.9 Å². The van der Waals surface area contributed by atoms with Crippen molar-refractivity contribution in [1.29, 1.82) is 0 Å². The van der Waals surface area contributed by atoms with E-state index in [0.29, 0.717) is 19.3 Å². The Bertz CT molecular complexity index is 1030. The van der Waals surface area contributed by atoms with Gasteiger partial charge in [0.25, 0.3) is 0 Å². The van der Waals surface area contributed by atoms with Gasteiger partial charge in [0.2, 0.25) is 0 Å². The Morgan fingerprint density at radius 1 is 0.660 bits per heavy atom. The molecule has 0 rings (SSSR count). The van der Waals surface area contributed by atoms with Crippen molar-refractivity contribution in [2.24, 2.45) is 5.92 Å². The van der Waals surface area contributed by atoms with Crippen LogP contribution in [0.5, 0.6) is 0 Å². The minimum Gasteiger partial charge on any atom is -0.462 e. The molecule has 3 atom stereocenters. The van der Waals surface area contributed by atoms with Gasteiger partial charge in [0.15, 0.2) is 6.10 Å². The number of aliphatic hydroxyl groups excluding tert-OH is 1. The van der Waals surface area contributed by atoms with Crippen LogP contribution in [-0.2, 0) is 28.2 Å². The topological polar surface area (TPSA) is 140 Å². The van der Waals surface area contributed by atoms with Crippen molar-refractivity contribution >= 4 is 19.8 Å². The summed E-state index contributed by atoms with van der Waals surface area (Å²) < 4.78 is 26.2. The normalized spacial score (nSPS) is 14.4. The summed E-state index contributed by atoms with van der Waals surface area (Å²) >= 11 is 0. The van der Waals surface area contributed by atoms with Gasteiger partial charge in [0.1, 0.15) is 6.61 Å². The Labute approximate surface area is 303 Å². The molecular weight excluding hydrogens is 655 g/mol. The lowest BCUT2D eigenvalue weighted by atomic mass is 9.99. The average Bonchev–Trinajstić information content (AvgIpc) is 3.07. The molecule has 10 heteroatoms. The maximum absolute atomic E-state index is 12.4. The Kier molecular flexibility index (Phi) is 32.3. The molecule has 0 aliphatic rings. The number of hydrogen-bond acceptors (Lipinski definition) is 7. The van der Waals surface area contributed by atoms with Crippen LogP contribution in [0.15, 0.2) is 60.8 Å². The van der Waals surface area contributed by atoms with Crippen molar-refractivity contribution in [3.63, 3.8) is 0 Å². The molecule has 2 unspecified atom stereocenters. The van der Waals surface area contributed by atoms with Crippen molar-refractivity contribution in [2.75, 3.05) is 13.2 Å². The molecule has 0 radical (unpaired) electrons. The van der Waals surface area contributed by atoms with Crippen LogP contribution >= 0.6 is 7.82 Å². The van der Waals surface area contributed by atoms with Crippen LogP contribution in [0.4, 0.5) is 0 Å². The van der Waals surface area contributed by atoms with Gasteiger partial charge in [-0.15, -0.1) is 0 Å². The van der Waals surface area contributed by atoms with E-state index in [1.165, 1.54) is 51.4 Å². The molecule has 0 aromatic rings. The minimum absolute atomic E-state index is 0.0348. The first-order chi connectivity index (χ1) is 24.1. The summed E-state index contributed by atoms with van der Waals surface area (Å²) in [6.07, 6.45) is 36.9. The molecule has 3 N–H and O–H groups in total. The van der Waals surface area contributed by atoms with E-state index in [-0.39, 0.29) is 19.4 Å². The molecule has 0 aromatic heterocycles. The Hall–Kier alpha value is -2.29. The maximum atomic E-state index is 12.4. The van der Waals surface area contributed by atoms with Crippen LogP contribution in [0, 0.1) is 5.92 Å². The summed E-state index contributed by atoms with van der Waals surface area (Å²) in [6, 6.07) is 0. The second kappa shape index (κ2) is 33.8. The molecule has 0 aliphatic carbocycles. The highest BCUT2D eigenvalue weighted by atomic mass is 31.2. The highest BCUT2D eigenvalue weighted by molar-refractivity contribution is 7.46. The van der Waals surface area contributed by atoms with Crippen LogP contribution < -0.4 is 0 Å². The van der Waals surface area contributed by atoms with Crippen molar-refractivity contribution in [2.45, 2.75) is 161 Å². The molecule has 288 valence electrons. The highest BCUT2D eigenvalue weighted by Crippen LogP contribution is 2.36. The predicted octanol–water partition coefficient (Wildman–Crippen LogP) is 10.2. The fourth-order valence-electron chi connectivity index (χ4n) is 4.96. The molecule has 0 fully saturated rings. The van der Waals surface area contributed by atoms with Gasteiger partial charge >= 0.3 is 19.8 Å². The monoisotopic (exact) mass is 724 g/mol. The summed E-state index contributed by atoms with van der Waals surface area (Å²) in [7, 11) is -4.80. The summed E-state index contributed by atoms with van der Waals surface area (Å²) in [6.45, 7) is 5.72. The van der Waals surface area contributed by atoms with Crippen LogP contribution in [0.3, 0.4) is 0 Å². The molecule has 50 heavy (non-hydrogen) atoms. The van der Waals surface area contributed by atoms with Crippen molar-refractivity contribution in [3.05, 3.63) is 60.8 Å². The zero-order valence-corrected chi connectivity index (χ0v) is 32.2. The third kappa shape index (κ3) is 35.5. The lowest BCUT2D eigenvalue weighted by Crippen LogP contribution is -2.29. The Balaban J connectivity index is 4.19. The SMILES string of the molecule is CC/C=C\C/C=C\C/C=C\C/C=C\C=C\C(O)CCCC(=O)OC[C@H](COP(=O)(O)O)OC(=O)CCCCCCCCCCCCC(C)CC. The third-order valence-electron chi connectivity index (χ3n) is 8.20. The molecular formula is C40H69O9P. The van der Waals surface area contributed by atoms with E-state index in [4.69, 9.17) is 19.3 Å². The fourth-order valence-corrected chi connectivity index (χ4v) is 5.32. The summed E-state index contributed by atoms with van der Waals surface area (Å²) in [5.74, 6) is -0.258. The number of unbranched alkanes of at least 4 members (excludes halogenated alkanes) is 9. The number of phosphoric ester groups is 1. The van der Waals surface area contributed by atoms with Crippen molar-refractivity contribution in [3.8, 4) is 0 Å². The number of carbonyl (C=O) groups excluding carboxylic acids is 2. The van der Waals surface area contributed by atoms with Gasteiger partial charge in [-0.1, -0.05) is 152 Å². The van der Waals surface area contributed by atoms with Crippen LogP contribution in [0.25, 0.3) is 0 Å². The average molecular weight is 725 g/mol.